The Morgan fingerprint density at radius 1 is 0.536 bits per heavy atom. The molecule has 18 nitrogen and oxygen atoms in total. The maximum atomic E-state index is 13.4. The molecule has 0 aromatic carbocycles. The van der Waals surface area contributed by atoms with Crippen LogP contribution < -0.4 is 0 Å². The molecular weight excluding hydrogens is 920 g/mol. The highest BCUT2D eigenvalue weighted by atomic mass is 31.2. The molecule has 13 atom stereocenters. The molecule has 406 valence electrons. The van der Waals surface area contributed by atoms with E-state index >= 15 is 0 Å². The van der Waals surface area contributed by atoms with Crippen molar-refractivity contribution in [2.24, 2.45) is 0 Å². The molecule has 1 aliphatic heterocycles. The molecule has 19 heteroatoms. The third kappa shape index (κ3) is 26.8. The van der Waals surface area contributed by atoms with Crippen molar-refractivity contribution < 1.29 is 87.9 Å². The second-order valence-corrected chi connectivity index (χ2v) is 20.5. The molecular formula is C50H93O18P. The lowest BCUT2D eigenvalue weighted by atomic mass is 9.84. The van der Waals surface area contributed by atoms with E-state index in [1.165, 1.54) is 109 Å². The first kappa shape index (κ1) is 63.5. The van der Waals surface area contributed by atoms with Gasteiger partial charge < -0.3 is 64.7 Å². The van der Waals surface area contributed by atoms with Crippen LogP contribution in [0.1, 0.15) is 200 Å². The molecule has 1 aliphatic carbocycles. The molecule has 0 radical (unpaired) electrons. The van der Waals surface area contributed by atoms with Crippen LogP contribution in [0.2, 0.25) is 0 Å². The fourth-order valence-electron chi connectivity index (χ4n) is 8.58. The first-order valence-electron chi connectivity index (χ1n) is 26.5. The van der Waals surface area contributed by atoms with Crippen LogP contribution in [0.4, 0.5) is 0 Å². The monoisotopic (exact) mass is 1010 g/mol. The van der Waals surface area contributed by atoms with Gasteiger partial charge in [-0.05, 0) is 38.5 Å². The minimum absolute atomic E-state index is 0.0345. The Morgan fingerprint density at radius 2 is 0.957 bits per heavy atom. The highest BCUT2D eigenvalue weighted by Gasteiger charge is 2.55. The maximum absolute atomic E-state index is 13.4. The number of hydrogen-bond acceptors (Lipinski definition) is 17. The zero-order chi connectivity index (χ0) is 50.9. The van der Waals surface area contributed by atoms with Gasteiger partial charge in [0.2, 0.25) is 0 Å². The summed E-state index contributed by atoms with van der Waals surface area (Å²) in [5.41, 5.74) is 0. The molecule has 9 N–H and O–H groups in total. The summed E-state index contributed by atoms with van der Waals surface area (Å²) < 4.78 is 45.5. The quantitative estimate of drug-likeness (QED) is 0.0137. The van der Waals surface area contributed by atoms with E-state index in [1.54, 1.807) is 0 Å². The molecule has 2 rings (SSSR count). The third-order valence-electron chi connectivity index (χ3n) is 13.0. The summed E-state index contributed by atoms with van der Waals surface area (Å²) in [7, 11) is -5.37. The summed E-state index contributed by atoms with van der Waals surface area (Å²) in [6.07, 6.45) is 11.5. The van der Waals surface area contributed by atoms with Gasteiger partial charge in [-0.1, -0.05) is 161 Å². The number of unbranched alkanes of at least 4 members (excludes halogenated alkanes) is 24. The number of phosphoric ester groups is 1. The average molecular weight is 1010 g/mol. The summed E-state index contributed by atoms with van der Waals surface area (Å²) in [6.45, 7) is 2.23. The van der Waals surface area contributed by atoms with Crippen LogP contribution in [0.5, 0.6) is 0 Å². The number of aliphatic hydroxyl groups is 8. The van der Waals surface area contributed by atoms with E-state index in [9.17, 15) is 59.9 Å². The number of hydrogen-bond donors (Lipinski definition) is 9. The number of esters is 2. The molecule has 0 aromatic heterocycles. The number of rotatable bonds is 41. The van der Waals surface area contributed by atoms with E-state index < -0.39 is 113 Å². The van der Waals surface area contributed by atoms with Gasteiger partial charge in [0.05, 0.1) is 13.2 Å². The summed E-state index contributed by atoms with van der Waals surface area (Å²) in [5.74, 6) is -1.23. The molecule has 0 aromatic rings. The fourth-order valence-corrected chi connectivity index (χ4v) is 9.55. The Bertz CT molecular complexity index is 1390. The number of carbonyl (C=O) groups excluding carboxylic acids is 2. The van der Waals surface area contributed by atoms with Gasteiger partial charge in [0, 0.05) is 12.8 Å². The summed E-state index contributed by atoms with van der Waals surface area (Å²) >= 11 is 0. The predicted octanol–water partition coefficient (Wildman–Crippen LogP) is 6.49. The SMILES string of the molecule is CCCCCCCCC/C=C\CCCCCC(=O)OCC(COP(=O)(O)OC1C(O)C(O)C(O)C(O)C1OC1OC(CO)C(O)C(O)C1O)OC(=O)CCCCCCCCCCCCCCCCC. The van der Waals surface area contributed by atoms with Gasteiger partial charge in [-0.25, -0.2) is 4.57 Å². The fraction of sp³-hybridized carbons (Fsp3) is 0.920. The van der Waals surface area contributed by atoms with Crippen LogP contribution in [0.15, 0.2) is 12.2 Å². The highest BCUT2D eigenvalue weighted by molar-refractivity contribution is 7.47. The molecule has 1 heterocycles. The van der Waals surface area contributed by atoms with Crippen molar-refractivity contribution in [3.63, 3.8) is 0 Å². The Hall–Kier alpha value is -1.61. The standard InChI is InChI=1S/C50H93O18P/c1-3-5-7-9-11-13-15-17-19-21-23-25-27-29-31-33-40(53)65-37(35-63-39(52)32-30-28-26-24-22-20-18-16-14-12-10-8-6-4-2)36-64-69(61,62)68-49-46(59)44(57)43(56)45(58)48(49)67-50-47(60)42(55)41(54)38(34-51)66-50/h20,22,37-38,41-51,54-60H,3-19,21,23-36H2,1-2H3,(H,61,62)/b22-20-. The number of phosphoric acid groups is 1. The third-order valence-corrected chi connectivity index (χ3v) is 14.0. The molecule has 69 heavy (non-hydrogen) atoms. The van der Waals surface area contributed by atoms with Crippen molar-refractivity contribution in [2.75, 3.05) is 19.8 Å². The number of aliphatic hydroxyl groups excluding tert-OH is 8. The lowest BCUT2D eigenvalue weighted by Crippen LogP contribution is -2.67. The summed E-state index contributed by atoms with van der Waals surface area (Å²) in [6, 6.07) is 0. The molecule has 1 saturated carbocycles. The minimum Gasteiger partial charge on any atom is -0.462 e. The maximum Gasteiger partial charge on any atom is 0.472 e. The van der Waals surface area contributed by atoms with Crippen molar-refractivity contribution in [2.45, 2.75) is 273 Å². The Kier molecular flexibility index (Phi) is 35.0. The largest absolute Gasteiger partial charge is 0.472 e. The van der Waals surface area contributed by atoms with Crippen molar-refractivity contribution in [3.05, 3.63) is 12.2 Å². The van der Waals surface area contributed by atoms with Crippen LogP contribution in [0.25, 0.3) is 0 Å². The van der Waals surface area contributed by atoms with E-state index in [-0.39, 0.29) is 12.8 Å². The van der Waals surface area contributed by atoms with Crippen molar-refractivity contribution >= 4 is 19.8 Å². The first-order chi connectivity index (χ1) is 33.2. The van der Waals surface area contributed by atoms with Crippen molar-refractivity contribution in [1.82, 2.24) is 0 Å². The smallest absolute Gasteiger partial charge is 0.462 e. The van der Waals surface area contributed by atoms with Crippen LogP contribution in [-0.2, 0) is 42.1 Å². The molecule has 0 amide bonds. The number of carbonyl (C=O) groups is 2. The van der Waals surface area contributed by atoms with Gasteiger partial charge in [-0.2, -0.15) is 0 Å². The lowest BCUT2D eigenvalue weighted by molar-refractivity contribution is -0.338. The second kappa shape index (κ2) is 38.0. The molecule has 13 unspecified atom stereocenters. The van der Waals surface area contributed by atoms with Crippen LogP contribution >= 0.6 is 7.82 Å². The molecule has 0 bridgehead atoms. The van der Waals surface area contributed by atoms with Gasteiger partial charge in [0.25, 0.3) is 0 Å². The van der Waals surface area contributed by atoms with Gasteiger partial charge in [-0.3, -0.25) is 18.6 Å². The van der Waals surface area contributed by atoms with Crippen molar-refractivity contribution in [3.8, 4) is 0 Å². The number of ether oxygens (including phenoxy) is 4. The normalized spacial score (nSPS) is 27.6. The van der Waals surface area contributed by atoms with Gasteiger partial charge >= 0.3 is 19.8 Å². The summed E-state index contributed by atoms with van der Waals surface area (Å²) in [5, 5.41) is 83.0. The van der Waals surface area contributed by atoms with Crippen LogP contribution in [0.3, 0.4) is 0 Å². The van der Waals surface area contributed by atoms with Gasteiger partial charge in [0.1, 0.15) is 67.6 Å². The van der Waals surface area contributed by atoms with Gasteiger partial charge in [-0.15, -0.1) is 0 Å². The summed E-state index contributed by atoms with van der Waals surface area (Å²) in [4.78, 5) is 36.6. The highest BCUT2D eigenvalue weighted by Crippen LogP contribution is 2.48. The van der Waals surface area contributed by atoms with Gasteiger partial charge in [0.15, 0.2) is 12.4 Å². The lowest BCUT2D eigenvalue weighted by Gasteiger charge is -2.47. The van der Waals surface area contributed by atoms with E-state index in [2.05, 4.69) is 26.0 Å². The number of allylic oxidation sites excluding steroid dienone is 2. The topological polar surface area (TPSA) is 289 Å². The Labute approximate surface area is 412 Å². The zero-order valence-electron chi connectivity index (χ0n) is 41.9. The van der Waals surface area contributed by atoms with E-state index in [0.29, 0.717) is 12.8 Å². The molecule has 1 saturated heterocycles. The second-order valence-electron chi connectivity index (χ2n) is 19.1. The predicted molar refractivity (Wildman–Crippen MR) is 259 cm³/mol. The van der Waals surface area contributed by atoms with E-state index in [0.717, 1.165) is 51.4 Å². The average Bonchev–Trinajstić information content (AvgIpc) is 3.33. The zero-order valence-corrected chi connectivity index (χ0v) is 42.8. The Balaban J connectivity index is 1.93. The van der Waals surface area contributed by atoms with E-state index in [1.807, 2.05) is 0 Å². The minimum atomic E-state index is -5.37. The first-order valence-corrected chi connectivity index (χ1v) is 28.0. The van der Waals surface area contributed by atoms with Crippen LogP contribution in [0, 0.1) is 0 Å². The van der Waals surface area contributed by atoms with Crippen LogP contribution in [-0.4, -0.2) is 151 Å². The van der Waals surface area contributed by atoms with E-state index in [4.69, 9.17) is 28.0 Å². The Morgan fingerprint density at radius 3 is 1.45 bits per heavy atom. The molecule has 0 spiro atoms. The molecule has 2 fully saturated rings. The molecule has 2 aliphatic rings. The van der Waals surface area contributed by atoms with Crippen molar-refractivity contribution in [1.29, 1.82) is 0 Å².